The van der Waals surface area contributed by atoms with E-state index in [-0.39, 0.29) is 11.2 Å². The molecule has 0 spiro atoms. The Morgan fingerprint density at radius 1 is 1.21 bits per heavy atom. The second-order valence-electron chi connectivity index (χ2n) is 5.76. The quantitative estimate of drug-likeness (QED) is 0.715. The maximum absolute atomic E-state index is 12.9. The van der Waals surface area contributed by atoms with E-state index in [4.69, 9.17) is 5.26 Å². The average molecular weight is 338 g/mol. The van der Waals surface area contributed by atoms with Crippen molar-refractivity contribution in [1.82, 2.24) is 0 Å². The van der Waals surface area contributed by atoms with Gasteiger partial charge in [0, 0.05) is 17.1 Å². The normalized spacial score (nSPS) is 11.6. The summed E-state index contributed by atoms with van der Waals surface area (Å²) in [7, 11) is 0. The van der Waals surface area contributed by atoms with Crippen LogP contribution in [0.25, 0.3) is 0 Å². The van der Waals surface area contributed by atoms with E-state index in [0.717, 1.165) is 10.6 Å². The van der Waals surface area contributed by atoms with Crippen LogP contribution in [-0.2, 0) is 4.79 Å². The molecule has 0 aromatic heterocycles. The zero-order valence-corrected chi connectivity index (χ0v) is 15.1. The van der Waals surface area contributed by atoms with E-state index in [1.807, 2.05) is 37.3 Å². The lowest BCUT2D eigenvalue weighted by Crippen LogP contribution is -2.37. The van der Waals surface area contributed by atoms with Crippen molar-refractivity contribution in [3.63, 3.8) is 0 Å². The average Bonchev–Trinajstić information content (AvgIpc) is 2.58. The first-order valence-corrected chi connectivity index (χ1v) is 8.88. The summed E-state index contributed by atoms with van der Waals surface area (Å²) in [4.78, 5) is 15.8. The Labute approximate surface area is 148 Å². The third-order valence-electron chi connectivity index (χ3n) is 3.76. The standard InChI is InChI=1S/C20H22N2OS/c1-15-10-11-19(16(2)14-15)24-17(3)20(23)22(13-7-12-21)18-8-5-4-6-9-18/h4-6,8-11,14,17H,7,13H2,1-3H3. The Bertz CT molecular complexity index is 737. The Hall–Kier alpha value is -2.25. The molecule has 0 radical (unpaired) electrons. The molecular formula is C20H22N2OS. The molecule has 0 saturated carbocycles. The van der Waals surface area contributed by atoms with Gasteiger partial charge in [-0.2, -0.15) is 5.26 Å². The summed E-state index contributed by atoms with van der Waals surface area (Å²) in [6.45, 7) is 6.47. The van der Waals surface area contributed by atoms with Gasteiger partial charge in [-0.25, -0.2) is 0 Å². The van der Waals surface area contributed by atoms with Crippen molar-refractivity contribution in [2.24, 2.45) is 0 Å². The summed E-state index contributed by atoms with van der Waals surface area (Å²) < 4.78 is 0. The van der Waals surface area contributed by atoms with Crippen molar-refractivity contribution in [2.75, 3.05) is 11.4 Å². The Balaban J connectivity index is 2.17. The molecule has 24 heavy (non-hydrogen) atoms. The number of nitriles is 1. The molecule has 1 amide bonds. The maximum Gasteiger partial charge on any atom is 0.240 e. The predicted octanol–water partition coefficient (Wildman–Crippen LogP) is 4.73. The molecule has 0 fully saturated rings. The molecule has 124 valence electrons. The van der Waals surface area contributed by atoms with Gasteiger partial charge in [0.1, 0.15) is 0 Å². The van der Waals surface area contributed by atoms with Gasteiger partial charge in [-0.15, -0.1) is 11.8 Å². The van der Waals surface area contributed by atoms with E-state index in [0.29, 0.717) is 13.0 Å². The minimum atomic E-state index is -0.217. The van der Waals surface area contributed by atoms with Crippen LogP contribution in [-0.4, -0.2) is 17.7 Å². The SMILES string of the molecule is Cc1ccc(SC(C)C(=O)N(CCC#N)c2ccccc2)c(C)c1. The van der Waals surface area contributed by atoms with E-state index in [1.54, 1.807) is 16.7 Å². The predicted molar refractivity (Wildman–Crippen MR) is 100 cm³/mol. The molecule has 0 aliphatic rings. The van der Waals surface area contributed by atoms with Crippen molar-refractivity contribution in [3.05, 3.63) is 59.7 Å². The highest BCUT2D eigenvalue weighted by Gasteiger charge is 2.23. The number of nitrogens with zero attached hydrogens (tertiary/aromatic N) is 2. The van der Waals surface area contributed by atoms with Crippen molar-refractivity contribution in [1.29, 1.82) is 5.26 Å². The first-order chi connectivity index (χ1) is 11.5. The highest BCUT2D eigenvalue weighted by atomic mass is 32.2. The van der Waals surface area contributed by atoms with Crippen molar-refractivity contribution in [2.45, 2.75) is 37.3 Å². The lowest BCUT2D eigenvalue weighted by molar-refractivity contribution is -0.117. The second-order valence-corrected chi connectivity index (χ2v) is 7.15. The van der Waals surface area contributed by atoms with Gasteiger partial charge in [-0.3, -0.25) is 4.79 Å². The molecule has 0 N–H and O–H groups in total. The molecule has 4 heteroatoms. The smallest absolute Gasteiger partial charge is 0.240 e. The number of carbonyl (C=O) groups excluding carboxylic acids is 1. The fraction of sp³-hybridized carbons (Fsp3) is 0.300. The number of aryl methyl sites for hydroxylation is 2. The highest BCUT2D eigenvalue weighted by molar-refractivity contribution is 8.00. The number of thioether (sulfide) groups is 1. The van der Waals surface area contributed by atoms with E-state index in [9.17, 15) is 4.79 Å². The van der Waals surface area contributed by atoms with Crippen LogP contribution in [0.5, 0.6) is 0 Å². The third-order valence-corrected chi connectivity index (χ3v) is 5.03. The minimum Gasteiger partial charge on any atom is -0.310 e. The number of para-hydroxylation sites is 1. The van der Waals surface area contributed by atoms with Gasteiger partial charge in [0.05, 0.1) is 17.7 Å². The monoisotopic (exact) mass is 338 g/mol. The zero-order chi connectivity index (χ0) is 17.5. The van der Waals surface area contributed by atoms with Crippen LogP contribution >= 0.6 is 11.8 Å². The van der Waals surface area contributed by atoms with Gasteiger partial charge in [-0.05, 0) is 44.5 Å². The molecule has 3 nitrogen and oxygen atoms in total. The van der Waals surface area contributed by atoms with Crippen LogP contribution < -0.4 is 4.90 Å². The molecule has 2 aromatic carbocycles. The van der Waals surface area contributed by atoms with Crippen molar-refractivity contribution >= 4 is 23.4 Å². The summed E-state index contributed by atoms with van der Waals surface area (Å²) in [5.74, 6) is 0.0291. The molecule has 0 aliphatic heterocycles. The number of benzene rings is 2. The molecular weight excluding hydrogens is 316 g/mol. The van der Waals surface area contributed by atoms with Crippen molar-refractivity contribution in [3.8, 4) is 6.07 Å². The number of hydrogen-bond donors (Lipinski definition) is 0. The molecule has 1 atom stereocenters. The molecule has 0 saturated heterocycles. The first-order valence-electron chi connectivity index (χ1n) is 8.00. The van der Waals surface area contributed by atoms with Gasteiger partial charge in [0.15, 0.2) is 0 Å². The zero-order valence-electron chi connectivity index (χ0n) is 14.3. The Kier molecular flexibility index (Phi) is 6.45. The van der Waals surface area contributed by atoms with Gasteiger partial charge in [0.2, 0.25) is 5.91 Å². The lowest BCUT2D eigenvalue weighted by Gasteiger charge is -2.25. The molecule has 1 unspecified atom stereocenters. The van der Waals surface area contributed by atoms with Gasteiger partial charge >= 0.3 is 0 Å². The van der Waals surface area contributed by atoms with Crippen LogP contribution in [0.2, 0.25) is 0 Å². The van der Waals surface area contributed by atoms with Gasteiger partial charge in [0.25, 0.3) is 0 Å². The minimum absolute atomic E-state index is 0.0291. The van der Waals surface area contributed by atoms with E-state index in [2.05, 4.69) is 38.1 Å². The summed E-state index contributed by atoms with van der Waals surface area (Å²) >= 11 is 1.57. The second kappa shape index (κ2) is 8.56. The van der Waals surface area contributed by atoms with Crippen LogP contribution in [0.15, 0.2) is 53.4 Å². The van der Waals surface area contributed by atoms with E-state index in [1.165, 1.54) is 11.1 Å². The maximum atomic E-state index is 12.9. The van der Waals surface area contributed by atoms with E-state index < -0.39 is 0 Å². The van der Waals surface area contributed by atoms with Crippen molar-refractivity contribution < 1.29 is 4.79 Å². The van der Waals surface area contributed by atoms with Crippen LogP contribution in [0.1, 0.15) is 24.5 Å². The number of rotatable bonds is 6. The van der Waals surface area contributed by atoms with Crippen LogP contribution in [0.3, 0.4) is 0 Å². The lowest BCUT2D eigenvalue weighted by atomic mass is 10.2. The first kappa shape index (κ1) is 18.1. The van der Waals surface area contributed by atoms with Gasteiger partial charge in [-0.1, -0.05) is 35.9 Å². The fourth-order valence-corrected chi connectivity index (χ4v) is 3.53. The number of amides is 1. The van der Waals surface area contributed by atoms with Gasteiger partial charge < -0.3 is 4.90 Å². The molecule has 2 rings (SSSR count). The summed E-state index contributed by atoms with van der Waals surface area (Å²) in [5.41, 5.74) is 3.24. The van der Waals surface area contributed by atoms with E-state index >= 15 is 0 Å². The topological polar surface area (TPSA) is 44.1 Å². The highest BCUT2D eigenvalue weighted by Crippen LogP contribution is 2.29. The molecule has 0 heterocycles. The number of hydrogen-bond acceptors (Lipinski definition) is 3. The summed E-state index contributed by atoms with van der Waals surface area (Å²) in [5, 5.41) is 8.67. The summed E-state index contributed by atoms with van der Waals surface area (Å²) in [6, 6.07) is 17.9. The summed E-state index contributed by atoms with van der Waals surface area (Å²) in [6.07, 6.45) is 0.321. The Morgan fingerprint density at radius 3 is 2.54 bits per heavy atom. The van der Waals surface area contributed by atoms with Crippen LogP contribution in [0.4, 0.5) is 5.69 Å². The molecule has 2 aromatic rings. The fourth-order valence-electron chi connectivity index (χ4n) is 2.53. The van der Waals surface area contributed by atoms with Crippen LogP contribution in [0, 0.1) is 25.2 Å². The Morgan fingerprint density at radius 2 is 1.92 bits per heavy atom. The number of carbonyl (C=O) groups is 1. The number of anilines is 1. The largest absolute Gasteiger partial charge is 0.310 e. The molecule has 0 bridgehead atoms. The third kappa shape index (κ3) is 4.62. The molecule has 0 aliphatic carbocycles.